The van der Waals surface area contributed by atoms with E-state index in [1.165, 1.54) is 128 Å². The normalized spacial score (nSPS) is 24.5. The number of unbranched alkanes of at least 4 members (excludes halogenated alkanes) is 25. The Balaban J connectivity index is 1.69. The third kappa shape index (κ3) is 37.3. The van der Waals surface area contributed by atoms with Crippen molar-refractivity contribution in [2.24, 2.45) is 0 Å². The minimum Gasteiger partial charge on any atom is -0.457 e. The molecule has 2 fully saturated rings. The molecular weight excluding hydrogens is 1000 g/mol. The molecule has 2 saturated heterocycles. The van der Waals surface area contributed by atoms with Gasteiger partial charge in [-0.2, -0.15) is 0 Å². The summed E-state index contributed by atoms with van der Waals surface area (Å²) in [6.07, 6.45) is 49.6. The van der Waals surface area contributed by atoms with Crippen LogP contribution < -0.4 is 0 Å². The summed E-state index contributed by atoms with van der Waals surface area (Å²) in [5.74, 6) is -0.380. The maximum Gasteiger partial charge on any atom is 0.306 e. The van der Waals surface area contributed by atoms with Crippen LogP contribution in [0.1, 0.15) is 232 Å². The van der Waals surface area contributed by atoms with Gasteiger partial charge in [-0.15, -0.1) is 0 Å². The number of ether oxygens (including phenoxy) is 6. The fourth-order valence-electron chi connectivity index (χ4n) is 9.66. The highest BCUT2D eigenvalue weighted by molar-refractivity contribution is 5.69. The molecule has 0 amide bonds. The van der Waals surface area contributed by atoms with Crippen LogP contribution in [0.15, 0.2) is 72.9 Å². The van der Waals surface area contributed by atoms with E-state index in [0.29, 0.717) is 13.0 Å². The van der Waals surface area contributed by atoms with Crippen molar-refractivity contribution in [2.45, 2.75) is 300 Å². The Morgan fingerprint density at radius 2 is 0.823 bits per heavy atom. The van der Waals surface area contributed by atoms with Crippen molar-refractivity contribution in [3.05, 3.63) is 72.9 Å². The van der Waals surface area contributed by atoms with Crippen LogP contribution in [0.4, 0.5) is 0 Å². The van der Waals surface area contributed by atoms with Gasteiger partial charge in [0.05, 0.1) is 26.4 Å². The molecule has 0 aromatic rings. The number of hydrogen-bond acceptors (Lipinski definition) is 14. The van der Waals surface area contributed by atoms with Crippen LogP contribution in [0, 0.1) is 0 Å². The van der Waals surface area contributed by atoms with Crippen molar-refractivity contribution in [3.63, 3.8) is 0 Å². The van der Waals surface area contributed by atoms with Gasteiger partial charge in [0, 0.05) is 13.0 Å². The van der Waals surface area contributed by atoms with Crippen LogP contribution in [0.5, 0.6) is 0 Å². The average molecular weight is 1120 g/mol. The summed E-state index contributed by atoms with van der Waals surface area (Å²) in [5.41, 5.74) is 0. The van der Waals surface area contributed by atoms with Crippen LogP contribution in [0.25, 0.3) is 0 Å². The summed E-state index contributed by atoms with van der Waals surface area (Å²) >= 11 is 0. The molecule has 2 heterocycles. The second kappa shape index (κ2) is 51.1. The van der Waals surface area contributed by atoms with Crippen LogP contribution in [-0.4, -0.2) is 142 Å². The minimum atomic E-state index is -1.71. The molecule has 14 heteroatoms. The highest BCUT2D eigenvalue weighted by Gasteiger charge is 2.47. The second-order valence-electron chi connectivity index (χ2n) is 21.8. The van der Waals surface area contributed by atoms with Crippen LogP contribution in [-0.2, 0) is 33.2 Å². The zero-order chi connectivity index (χ0) is 57.2. The highest BCUT2D eigenvalue weighted by Crippen LogP contribution is 2.27. The first-order chi connectivity index (χ1) is 38.6. The molecule has 0 bridgehead atoms. The summed E-state index contributed by atoms with van der Waals surface area (Å²) in [4.78, 5) is 13.1. The van der Waals surface area contributed by atoms with Crippen LogP contribution in [0.3, 0.4) is 0 Å². The second-order valence-corrected chi connectivity index (χ2v) is 21.8. The van der Waals surface area contributed by atoms with Crippen molar-refractivity contribution in [1.29, 1.82) is 0 Å². The molecule has 11 atom stereocenters. The summed E-state index contributed by atoms with van der Waals surface area (Å²) < 4.78 is 34.5. The molecule has 79 heavy (non-hydrogen) atoms. The number of carbonyl (C=O) groups is 1. The van der Waals surface area contributed by atoms with Crippen LogP contribution in [0.2, 0.25) is 0 Å². The number of aliphatic hydroxyl groups excluding tert-OH is 7. The zero-order valence-corrected chi connectivity index (χ0v) is 49.3. The van der Waals surface area contributed by atoms with Gasteiger partial charge in [-0.3, -0.25) is 4.79 Å². The van der Waals surface area contributed by atoms with E-state index in [0.717, 1.165) is 77.0 Å². The molecule has 11 unspecified atom stereocenters. The molecule has 0 spiro atoms. The molecule has 14 nitrogen and oxygen atoms in total. The van der Waals surface area contributed by atoms with Crippen molar-refractivity contribution in [3.8, 4) is 0 Å². The number of rotatable bonds is 51. The Labute approximate surface area is 478 Å². The van der Waals surface area contributed by atoms with Crippen molar-refractivity contribution in [1.82, 2.24) is 0 Å². The quantitative estimate of drug-likeness (QED) is 0.0172. The monoisotopic (exact) mass is 1120 g/mol. The Morgan fingerprint density at radius 3 is 1.29 bits per heavy atom. The first-order valence-electron chi connectivity index (χ1n) is 31.5. The van der Waals surface area contributed by atoms with Gasteiger partial charge in [0.2, 0.25) is 0 Å². The maximum absolute atomic E-state index is 13.1. The average Bonchev–Trinajstić information content (AvgIpc) is 3.46. The van der Waals surface area contributed by atoms with Gasteiger partial charge in [0.1, 0.15) is 54.9 Å². The van der Waals surface area contributed by atoms with Gasteiger partial charge < -0.3 is 64.2 Å². The van der Waals surface area contributed by atoms with E-state index in [9.17, 15) is 40.5 Å². The summed E-state index contributed by atoms with van der Waals surface area (Å²) in [5, 5.41) is 72.5. The Morgan fingerprint density at radius 1 is 0.430 bits per heavy atom. The molecule has 0 radical (unpaired) electrons. The van der Waals surface area contributed by atoms with Crippen molar-refractivity contribution < 1.29 is 69.0 Å². The lowest BCUT2D eigenvalue weighted by Gasteiger charge is -2.42. The maximum atomic E-state index is 13.1. The summed E-state index contributed by atoms with van der Waals surface area (Å²) in [6.45, 7) is 3.57. The Bertz CT molecular complexity index is 1580. The fraction of sp³-hybridized carbons (Fsp3) is 0.800. The van der Waals surface area contributed by atoms with E-state index in [2.05, 4.69) is 86.8 Å². The number of allylic oxidation sites excluding steroid dienone is 12. The molecule has 0 saturated carbocycles. The van der Waals surface area contributed by atoms with E-state index >= 15 is 0 Å². The molecule has 0 aromatic heterocycles. The molecule has 0 aromatic carbocycles. The van der Waals surface area contributed by atoms with E-state index in [1.807, 2.05) is 0 Å². The Kier molecular flexibility index (Phi) is 46.9. The molecular formula is C65H114O14. The third-order valence-electron chi connectivity index (χ3n) is 14.7. The largest absolute Gasteiger partial charge is 0.457 e. The van der Waals surface area contributed by atoms with Crippen molar-refractivity contribution >= 4 is 5.97 Å². The predicted octanol–water partition coefficient (Wildman–Crippen LogP) is 12.2. The number of esters is 1. The van der Waals surface area contributed by atoms with Crippen molar-refractivity contribution in [2.75, 3.05) is 33.0 Å². The highest BCUT2D eigenvalue weighted by atomic mass is 16.7. The zero-order valence-electron chi connectivity index (χ0n) is 49.3. The standard InChI is InChI=1S/C65H114O14/c1-3-5-7-9-11-13-15-17-19-21-23-25-27-28-30-32-34-36-38-40-42-44-46-48-57(67)77-54(51-74-49-47-45-43-41-39-37-35-33-31-29-26-24-22-20-18-16-14-12-10-8-6-4-2)52-75-64-63(73)61(71)59(69)56(79-64)53-76-65-62(72)60(70)58(68)55(50-66)78-65/h6,8,12,14-15,17-18,20-21,23-24,26,54-56,58-66,68-73H,3-5,7,9-11,13,16,19,22,25,27-53H2,1-2H3/b8-6-,14-12-,17-15-,20-18-,23-21-,26-24-. The summed E-state index contributed by atoms with van der Waals surface area (Å²) in [7, 11) is 0. The Hall–Kier alpha value is -2.57. The van der Waals surface area contributed by atoms with Gasteiger partial charge in [-0.25, -0.2) is 0 Å². The third-order valence-corrected chi connectivity index (χ3v) is 14.7. The van der Waals surface area contributed by atoms with Gasteiger partial charge in [0.25, 0.3) is 0 Å². The first kappa shape index (κ1) is 72.5. The van der Waals surface area contributed by atoms with E-state index < -0.39 is 80.7 Å². The van der Waals surface area contributed by atoms with E-state index in [-0.39, 0.29) is 25.6 Å². The number of hydrogen-bond donors (Lipinski definition) is 7. The van der Waals surface area contributed by atoms with Gasteiger partial charge in [0.15, 0.2) is 12.6 Å². The number of aliphatic hydroxyl groups is 7. The number of carbonyl (C=O) groups excluding carboxylic acids is 1. The first-order valence-corrected chi connectivity index (χ1v) is 31.5. The lowest BCUT2D eigenvalue weighted by atomic mass is 9.98. The van der Waals surface area contributed by atoms with E-state index in [1.54, 1.807) is 0 Å². The lowest BCUT2D eigenvalue weighted by molar-refractivity contribution is -0.332. The van der Waals surface area contributed by atoms with Gasteiger partial charge >= 0.3 is 5.97 Å². The fourth-order valence-corrected chi connectivity index (χ4v) is 9.66. The SMILES string of the molecule is CC/C=C\C/C=C\C/C=C\C/C=C\CCCCCCCCCCCOCC(COC1OC(COC2OC(CO)C(O)C(O)C2O)C(O)C(O)C1O)OC(=O)CCCCCCCCCCCCC/C=C\C/C=C\CCCCCCC. The predicted molar refractivity (Wildman–Crippen MR) is 316 cm³/mol. The summed E-state index contributed by atoms with van der Waals surface area (Å²) in [6, 6.07) is 0. The molecule has 2 aliphatic rings. The topological polar surface area (TPSA) is 214 Å². The van der Waals surface area contributed by atoms with Gasteiger partial charge in [-0.05, 0) is 83.5 Å². The molecule has 2 aliphatic heterocycles. The lowest BCUT2D eigenvalue weighted by Crippen LogP contribution is -2.61. The van der Waals surface area contributed by atoms with E-state index in [4.69, 9.17) is 28.4 Å². The molecule has 2 rings (SSSR count). The van der Waals surface area contributed by atoms with Crippen LogP contribution >= 0.6 is 0 Å². The molecule has 0 aliphatic carbocycles. The molecule has 458 valence electrons. The smallest absolute Gasteiger partial charge is 0.306 e. The molecule has 7 N–H and O–H groups in total. The minimum absolute atomic E-state index is 0.0541. The van der Waals surface area contributed by atoms with Gasteiger partial charge in [-0.1, -0.05) is 215 Å².